The van der Waals surface area contributed by atoms with Crippen molar-refractivity contribution in [3.63, 3.8) is 0 Å². The van der Waals surface area contributed by atoms with Crippen LogP contribution in [-0.4, -0.2) is 19.7 Å². The molecule has 0 fully saturated rings. The number of benzene rings is 2. The summed E-state index contributed by atoms with van der Waals surface area (Å²) in [6, 6.07) is 13.0. The Balaban J connectivity index is 1.69. The van der Waals surface area contributed by atoms with Gasteiger partial charge in [0.25, 0.3) is 11.4 Å². The zero-order chi connectivity index (χ0) is 20.4. The van der Waals surface area contributed by atoms with Crippen LogP contribution in [0.5, 0.6) is 0 Å². The summed E-state index contributed by atoms with van der Waals surface area (Å²) in [5.74, 6) is 0.815. The van der Waals surface area contributed by atoms with Crippen LogP contribution in [0.2, 0.25) is 0 Å². The first-order valence-electron chi connectivity index (χ1n) is 9.75. The van der Waals surface area contributed by atoms with Gasteiger partial charge in [-0.05, 0) is 31.5 Å². The largest absolute Gasteiger partial charge is 0.334 e. The number of aryl methyl sites for hydroxylation is 1. The summed E-state index contributed by atoms with van der Waals surface area (Å²) in [5, 5.41) is 4.50. The molecule has 0 atom stereocenters. The Morgan fingerprint density at radius 3 is 2.55 bits per heavy atom. The fourth-order valence-electron chi connectivity index (χ4n) is 3.27. The van der Waals surface area contributed by atoms with E-state index in [2.05, 4.69) is 22.0 Å². The molecule has 0 amide bonds. The zero-order valence-electron chi connectivity index (χ0n) is 16.4. The summed E-state index contributed by atoms with van der Waals surface area (Å²) in [7, 11) is 0. The van der Waals surface area contributed by atoms with E-state index >= 15 is 0 Å². The number of hydrogen-bond acceptors (Lipinski definition) is 5. The molecule has 4 aromatic rings. The number of H-pyrrole nitrogens is 1. The fourth-order valence-corrected chi connectivity index (χ4v) is 3.27. The predicted molar refractivity (Wildman–Crippen MR) is 112 cm³/mol. The molecule has 148 valence electrons. The number of fused-ring (bicyclic) bond motifs is 1. The van der Waals surface area contributed by atoms with E-state index in [-0.39, 0.29) is 5.56 Å². The molecule has 4 rings (SSSR count). The molecule has 7 heteroatoms. The molecule has 1 N–H and O–H groups in total. The van der Waals surface area contributed by atoms with E-state index in [1.54, 1.807) is 18.2 Å². The SMILES string of the molecule is CCCCCn1c(=O)[nH]c2cc(-c3nc(-c4ccc(C)cc4)no3)ccc2c1=O. The molecular weight excluding hydrogens is 368 g/mol. The third kappa shape index (κ3) is 3.76. The molecule has 0 aliphatic rings. The molecule has 0 radical (unpaired) electrons. The Bertz CT molecular complexity index is 1270. The Kier molecular flexibility index (Phi) is 5.12. The zero-order valence-corrected chi connectivity index (χ0v) is 16.4. The van der Waals surface area contributed by atoms with E-state index < -0.39 is 5.69 Å². The van der Waals surface area contributed by atoms with E-state index in [1.807, 2.05) is 31.2 Å². The summed E-state index contributed by atoms with van der Waals surface area (Å²) in [5.41, 5.74) is 2.42. The van der Waals surface area contributed by atoms with Crippen LogP contribution < -0.4 is 11.2 Å². The van der Waals surface area contributed by atoms with Gasteiger partial charge in [-0.3, -0.25) is 9.36 Å². The number of nitrogens with one attached hydrogen (secondary N) is 1. The normalized spacial score (nSPS) is 11.2. The number of rotatable bonds is 6. The van der Waals surface area contributed by atoms with E-state index in [9.17, 15) is 9.59 Å². The van der Waals surface area contributed by atoms with E-state index in [4.69, 9.17) is 4.52 Å². The lowest BCUT2D eigenvalue weighted by molar-refractivity contribution is 0.432. The van der Waals surface area contributed by atoms with Gasteiger partial charge in [-0.15, -0.1) is 0 Å². The number of nitrogens with zero attached hydrogens (tertiary/aromatic N) is 3. The molecule has 0 saturated carbocycles. The maximum Gasteiger partial charge on any atom is 0.328 e. The highest BCUT2D eigenvalue weighted by Crippen LogP contribution is 2.24. The minimum Gasteiger partial charge on any atom is -0.334 e. The minimum absolute atomic E-state index is 0.280. The van der Waals surface area contributed by atoms with Crippen LogP contribution in [-0.2, 0) is 6.54 Å². The highest BCUT2D eigenvalue weighted by molar-refractivity contribution is 5.82. The summed E-state index contributed by atoms with van der Waals surface area (Å²) < 4.78 is 6.66. The third-order valence-electron chi connectivity index (χ3n) is 4.95. The van der Waals surface area contributed by atoms with E-state index in [0.717, 1.165) is 30.4 Å². The lowest BCUT2D eigenvalue weighted by Gasteiger charge is -2.06. The Hall–Kier alpha value is -3.48. The van der Waals surface area contributed by atoms with Crippen molar-refractivity contribution in [3.8, 4) is 22.8 Å². The van der Waals surface area contributed by atoms with Crippen molar-refractivity contribution >= 4 is 10.9 Å². The van der Waals surface area contributed by atoms with Gasteiger partial charge in [0.05, 0.1) is 10.9 Å². The molecule has 2 heterocycles. The predicted octanol–water partition coefficient (Wildman–Crippen LogP) is 3.91. The van der Waals surface area contributed by atoms with Gasteiger partial charge >= 0.3 is 5.69 Å². The molecule has 0 unspecified atom stereocenters. The summed E-state index contributed by atoms with van der Waals surface area (Å²) in [4.78, 5) is 32.3. The topological polar surface area (TPSA) is 93.8 Å². The average molecular weight is 390 g/mol. The van der Waals surface area contributed by atoms with Crippen molar-refractivity contribution in [1.82, 2.24) is 19.7 Å². The lowest BCUT2D eigenvalue weighted by Crippen LogP contribution is -2.35. The summed E-state index contributed by atoms with van der Waals surface area (Å²) in [6.07, 6.45) is 2.80. The quantitative estimate of drug-likeness (QED) is 0.504. The van der Waals surface area contributed by atoms with Crippen LogP contribution in [0.15, 0.2) is 56.6 Å². The first-order valence-corrected chi connectivity index (χ1v) is 9.75. The van der Waals surface area contributed by atoms with Gasteiger partial charge in [0.2, 0.25) is 5.82 Å². The highest BCUT2D eigenvalue weighted by Gasteiger charge is 2.13. The molecule has 29 heavy (non-hydrogen) atoms. The Morgan fingerprint density at radius 1 is 1.03 bits per heavy atom. The standard InChI is InChI=1S/C22H22N4O3/c1-3-4-5-12-26-21(27)17-11-10-16(13-18(17)23-22(26)28)20-24-19(25-29-20)15-8-6-14(2)7-9-15/h6-11,13H,3-5,12H2,1-2H3,(H,23,28). The van der Waals surface area contributed by atoms with Crippen molar-refractivity contribution < 1.29 is 4.52 Å². The smallest absolute Gasteiger partial charge is 0.328 e. The second kappa shape index (κ2) is 7.87. The van der Waals surface area contributed by atoms with Gasteiger partial charge < -0.3 is 9.51 Å². The number of hydrogen-bond donors (Lipinski definition) is 1. The molecule has 0 spiro atoms. The minimum atomic E-state index is -0.401. The Morgan fingerprint density at radius 2 is 1.79 bits per heavy atom. The maximum atomic E-state index is 12.7. The second-order valence-corrected chi connectivity index (χ2v) is 7.14. The molecule has 2 aromatic heterocycles. The summed E-state index contributed by atoms with van der Waals surface area (Å²) in [6.45, 7) is 4.51. The van der Waals surface area contributed by atoms with Gasteiger partial charge in [-0.2, -0.15) is 4.98 Å². The van der Waals surface area contributed by atoms with E-state index in [1.165, 1.54) is 4.57 Å². The lowest BCUT2D eigenvalue weighted by atomic mass is 10.1. The highest BCUT2D eigenvalue weighted by atomic mass is 16.5. The molecule has 2 aromatic carbocycles. The van der Waals surface area contributed by atoms with Crippen LogP contribution >= 0.6 is 0 Å². The monoisotopic (exact) mass is 390 g/mol. The van der Waals surface area contributed by atoms with Crippen LogP contribution in [0.25, 0.3) is 33.7 Å². The van der Waals surface area contributed by atoms with Gasteiger partial charge in [0.15, 0.2) is 0 Å². The van der Waals surface area contributed by atoms with Crippen molar-refractivity contribution in [2.24, 2.45) is 0 Å². The van der Waals surface area contributed by atoms with Crippen LogP contribution in [0.1, 0.15) is 31.7 Å². The first-order chi connectivity index (χ1) is 14.1. The molecular formula is C22H22N4O3. The maximum absolute atomic E-state index is 12.7. The van der Waals surface area contributed by atoms with Crippen LogP contribution in [0.4, 0.5) is 0 Å². The molecule has 0 aliphatic heterocycles. The number of aromatic amines is 1. The third-order valence-corrected chi connectivity index (χ3v) is 4.95. The van der Waals surface area contributed by atoms with Crippen LogP contribution in [0.3, 0.4) is 0 Å². The average Bonchev–Trinajstić information content (AvgIpc) is 3.21. The molecule has 0 saturated heterocycles. The van der Waals surface area contributed by atoms with Crippen molar-refractivity contribution in [2.75, 3.05) is 0 Å². The van der Waals surface area contributed by atoms with Gasteiger partial charge in [0, 0.05) is 17.7 Å². The van der Waals surface area contributed by atoms with E-state index in [0.29, 0.717) is 34.7 Å². The van der Waals surface area contributed by atoms with Crippen molar-refractivity contribution in [2.45, 2.75) is 39.7 Å². The second-order valence-electron chi connectivity index (χ2n) is 7.14. The summed E-state index contributed by atoms with van der Waals surface area (Å²) >= 11 is 0. The van der Waals surface area contributed by atoms with Crippen molar-refractivity contribution in [1.29, 1.82) is 0 Å². The fraction of sp³-hybridized carbons (Fsp3) is 0.273. The van der Waals surface area contributed by atoms with Crippen molar-refractivity contribution in [3.05, 3.63) is 68.9 Å². The number of unbranched alkanes of at least 4 members (excludes halogenated alkanes) is 2. The molecule has 0 aliphatic carbocycles. The molecule has 0 bridgehead atoms. The Labute approximate surface area is 167 Å². The van der Waals surface area contributed by atoms with Gasteiger partial charge in [-0.25, -0.2) is 4.79 Å². The molecule has 7 nitrogen and oxygen atoms in total. The van der Waals surface area contributed by atoms with Crippen LogP contribution in [0, 0.1) is 6.92 Å². The first kappa shape index (κ1) is 18.9. The number of aromatic nitrogens is 4. The van der Waals surface area contributed by atoms with Gasteiger partial charge in [0.1, 0.15) is 0 Å². The van der Waals surface area contributed by atoms with Gasteiger partial charge in [-0.1, -0.05) is 54.8 Å².